The van der Waals surface area contributed by atoms with Gasteiger partial charge >= 0.3 is 0 Å². The van der Waals surface area contributed by atoms with E-state index in [2.05, 4.69) is 0 Å². The molecule has 0 saturated carbocycles. The molecule has 0 amide bonds. The van der Waals surface area contributed by atoms with Crippen molar-refractivity contribution in [1.82, 2.24) is 0 Å². The molecule has 1 aliphatic heterocycles. The Hall–Kier alpha value is -0.890. The average Bonchev–Trinajstić information content (AvgIpc) is 2.19. The maximum atomic E-state index is 6.08. The van der Waals surface area contributed by atoms with Crippen LogP contribution in [0.1, 0.15) is 12.0 Å². The fourth-order valence-corrected chi connectivity index (χ4v) is 1.84. The lowest BCUT2D eigenvalue weighted by Crippen LogP contribution is -2.08. The molecule has 0 radical (unpaired) electrons. The lowest BCUT2D eigenvalue weighted by Gasteiger charge is -2.19. The molecule has 1 heterocycles. The molecule has 1 aromatic carbocycles. The molecule has 0 saturated heterocycles. The summed E-state index contributed by atoms with van der Waals surface area (Å²) in [5.74, 6) is 1.48. The first kappa shape index (κ1) is 8.70. The largest absolute Gasteiger partial charge is 0.495 e. The highest BCUT2D eigenvalue weighted by Gasteiger charge is 2.16. The second kappa shape index (κ2) is 3.46. The van der Waals surface area contributed by atoms with Gasteiger partial charge in [-0.2, -0.15) is 0 Å². The van der Waals surface area contributed by atoms with E-state index in [1.807, 2.05) is 12.1 Å². The molecule has 0 aromatic heterocycles. The molecule has 0 N–H and O–H groups in total. The Balaban J connectivity index is 2.48. The molecule has 1 aromatic rings. The lowest BCUT2D eigenvalue weighted by molar-refractivity contribution is 0.286. The zero-order valence-corrected chi connectivity index (χ0v) is 8.23. The summed E-state index contributed by atoms with van der Waals surface area (Å²) in [6, 6.07) is 3.90. The Morgan fingerprint density at radius 3 is 3.08 bits per heavy atom. The van der Waals surface area contributed by atoms with Crippen molar-refractivity contribution in [1.29, 1.82) is 0 Å². The molecule has 2 nitrogen and oxygen atoms in total. The van der Waals surface area contributed by atoms with Crippen molar-refractivity contribution in [2.75, 3.05) is 13.7 Å². The van der Waals surface area contributed by atoms with Gasteiger partial charge in [-0.1, -0.05) is 17.7 Å². The Labute approximate surface area is 82.4 Å². The summed E-state index contributed by atoms with van der Waals surface area (Å²) in [7, 11) is 1.61. The summed E-state index contributed by atoms with van der Waals surface area (Å²) in [5.41, 5.74) is 1.18. The van der Waals surface area contributed by atoms with Crippen LogP contribution < -0.4 is 9.47 Å². The van der Waals surface area contributed by atoms with Gasteiger partial charge in [0.05, 0.1) is 13.7 Å². The van der Waals surface area contributed by atoms with E-state index >= 15 is 0 Å². The molecule has 0 bridgehead atoms. The summed E-state index contributed by atoms with van der Waals surface area (Å²) in [6.07, 6.45) is 2.11. The van der Waals surface area contributed by atoms with Crippen LogP contribution in [-0.4, -0.2) is 13.7 Å². The van der Waals surface area contributed by atoms with Gasteiger partial charge in [-0.05, 0) is 24.5 Å². The minimum atomic E-state index is 0.597. The van der Waals surface area contributed by atoms with Crippen molar-refractivity contribution in [3.63, 3.8) is 0 Å². The third-order valence-electron chi connectivity index (χ3n) is 2.20. The number of aryl methyl sites for hydroxylation is 1. The Morgan fingerprint density at radius 2 is 2.31 bits per heavy atom. The van der Waals surface area contributed by atoms with Crippen LogP contribution in [-0.2, 0) is 6.42 Å². The molecule has 3 heteroatoms. The fraction of sp³-hybridized carbons (Fsp3) is 0.400. The average molecular weight is 199 g/mol. The van der Waals surface area contributed by atoms with Crippen molar-refractivity contribution in [2.24, 2.45) is 0 Å². The molecule has 0 fully saturated rings. The van der Waals surface area contributed by atoms with Crippen LogP contribution in [0.3, 0.4) is 0 Å². The zero-order valence-electron chi connectivity index (χ0n) is 7.47. The normalized spacial score (nSPS) is 14.6. The minimum Gasteiger partial charge on any atom is -0.495 e. The summed E-state index contributed by atoms with van der Waals surface area (Å²) in [4.78, 5) is 0. The van der Waals surface area contributed by atoms with Gasteiger partial charge in [-0.15, -0.1) is 0 Å². The molecule has 0 spiro atoms. The highest BCUT2D eigenvalue weighted by atomic mass is 35.5. The van der Waals surface area contributed by atoms with E-state index in [4.69, 9.17) is 21.1 Å². The first-order chi connectivity index (χ1) is 6.33. The second-order valence-electron chi connectivity index (χ2n) is 3.02. The number of fused-ring (bicyclic) bond motifs is 1. The van der Waals surface area contributed by atoms with Gasteiger partial charge in [0.1, 0.15) is 16.5 Å². The molecule has 13 heavy (non-hydrogen) atoms. The summed E-state index contributed by atoms with van der Waals surface area (Å²) < 4.78 is 10.6. The van der Waals surface area contributed by atoms with E-state index in [9.17, 15) is 0 Å². The van der Waals surface area contributed by atoms with Gasteiger partial charge in [0.2, 0.25) is 0 Å². The van der Waals surface area contributed by atoms with Crippen LogP contribution in [0.2, 0.25) is 5.02 Å². The van der Waals surface area contributed by atoms with Crippen molar-refractivity contribution in [3.8, 4) is 11.5 Å². The smallest absolute Gasteiger partial charge is 0.144 e. The minimum absolute atomic E-state index is 0.597. The van der Waals surface area contributed by atoms with Gasteiger partial charge in [0.25, 0.3) is 0 Å². The summed E-state index contributed by atoms with van der Waals surface area (Å²) >= 11 is 6.08. The number of rotatable bonds is 1. The van der Waals surface area contributed by atoms with Crippen molar-refractivity contribution >= 4 is 11.6 Å². The number of methoxy groups -OCH3 is 1. The van der Waals surface area contributed by atoms with Gasteiger partial charge < -0.3 is 9.47 Å². The van der Waals surface area contributed by atoms with E-state index in [0.29, 0.717) is 10.8 Å². The van der Waals surface area contributed by atoms with Crippen LogP contribution >= 0.6 is 11.6 Å². The van der Waals surface area contributed by atoms with Crippen LogP contribution in [0, 0.1) is 0 Å². The number of hydrogen-bond acceptors (Lipinski definition) is 2. The first-order valence-corrected chi connectivity index (χ1v) is 4.69. The SMILES string of the molecule is COc1ccc2c(c1Cl)OCCC2. The van der Waals surface area contributed by atoms with Gasteiger partial charge in [-0.25, -0.2) is 0 Å². The molecule has 0 aliphatic carbocycles. The summed E-state index contributed by atoms with van der Waals surface area (Å²) in [5, 5.41) is 0.597. The van der Waals surface area contributed by atoms with Crippen molar-refractivity contribution < 1.29 is 9.47 Å². The second-order valence-corrected chi connectivity index (χ2v) is 3.40. The van der Waals surface area contributed by atoms with Crippen LogP contribution in [0.15, 0.2) is 12.1 Å². The van der Waals surface area contributed by atoms with Crippen LogP contribution in [0.25, 0.3) is 0 Å². The quantitative estimate of drug-likeness (QED) is 0.691. The molecule has 70 valence electrons. The predicted molar refractivity (Wildman–Crippen MR) is 51.8 cm³/mol. The molecule has 0 atom stereocenters. The number of ether oxygens (including phenoxy) is 2. The highest BCUT2D eigenvalue weighted by molar-refractivity contribution is 6.33. The van der Waals surface area contributed by atoms with Crippen LogP contribution in [0.4, 0.5) is 0 Å². The Morgan fingerprint density at radius 1 is 1.46 bits per heavy atom. The van der Waals surface area contributed by atoms with E-state index in [1.165, 1.54) is 5.56 Å². The highest BCUT2D eigenvalue weighted by Crippen LogP contribution is 2.39. The molecule has 0 unspecified atom stereocenters. The van der Waals surface area contributed by atoms with E-state index in [0.717, 1.165) is 25.2 Å². The van der Waals surface area contributed by atoms with Gasteiger partial charge in [0.15, 0.2) is 0 Å². The van der Waals surface area contributed by atoms with Crippen LogP contribution in [0.5, 0.6) is 11.5 Å². The predicted octanol–water partition coefficient (Wildman–Crippen LogP) is 2.67. The Bertz CT molecular complexity index is 323. The molecular weight excluding hydrogens is 188 g/mol. The van der Waals surface area contributed by atoms with E-state index < -0.39 is 0 Å². The monoisotopic (exact) mass is 198 g/mol. The number of benzene rings is 1. The third-order valence-corrected chi connectivity index (χ3v) is 2.56. The fourth-order valence-electron chi connectivity index (χ4n) is 1.53. The zero-order chi connectivity index (χ0) is 9.26. The third kappa shape index (κ3) is 1.46. The molecule has 1 aliphatic rings. The van der Waals surface area contributed by atoms with Gasteiger partial charge in [-0.3, -0.25) is 0 Å². The molecule has 2 rings (SSSR count). The Kier molecular flexibility index (Phi) is 2.32. The van der Waals surface area contributed by atoms with Crippen molar-refractivity contribution in [2.45, 2.75) is 12.8 Å². The number of halogens is 1. The van der Waals surface area contributed by atoms with Crippen molar-refractivity contribution in [3.05, 3.63) is 22.7 Å². The number of hydrogen-bond donors (Lipinski definition) is 0. The van der Waals surface area contributed by atoms with E-state index in [1.54, 1.807) is 7.11 Å². The maximum Gasteiger partial charge on any atom is 0.144 e. The molecular formula is C10H11ClO2. The topological polar surface area (TPSA) is 18.5 Å². The first-order valence-electron chi connectivity index (χ1n) is 4.31. The lowest BCUT2D eigenvalue weighted by atomic mass is 10.1. The van der Waals surface area contributed by atoms with E-state index in [-0.39, 0.29) is 0 Å². The van der Waals surface area contributed by atoms with Gasteiger partial charge in [0, 0.05) is 0 Å². The summed E-state index contributed by atoms with van der Waals surface area (Å²) in [6.45, 7) is 0.750. The standard InChI is InChI=1S/C10H11ClO2/c1-12-8-5-4-7-3-2-6-13-10(7)9(8)11/h4-5H,2-3,6H2,1H3. The maximum absolute atomic E-state index is 6.08.